The first-order chi connectivity index (χ1) is 16.2. The van der Waals surface area contributed by atoms with Crippen LogP contribution in [-0.2, 0) is 12.8 Å². The van der Waals surface area contributed by atoms with Gasteiger partial charge in [-0.15, -0.1) is 0 Å². The van der Waals surface area contributed by atoms with Gasteiger partial charge >= 0.3 is 0 Å². The molecule has 0 N–H and O–H groups in total. The molecule has 0 heterocycles. The molecule has 7 aromatic carbocycles. The van der Waals surface area contributed by atoms with Gasteiger partial charge in [0.15, 0.2) is 0 Å². The van der Waals surface area contributed by atoms with Crippen molar-refractivity contribution in [3.05, 3.63) is 82.3 Å². The van der Waals surface area contributed by atoms with Crippen molar-refractivity contribution in [2.45, 2.75) is 39.5 Å². The maximum absolute atomic E-state index is 3.83. The third kappa shape index (κ3) is 2.41. The minimum Gasteiger partial charge on any atom is -0.0651 e. The summed E-state index contributed by atoms with van der Waals surface area (Å²) in [6.07, 6.45) is 4.50. The van der Waals surface area contributed by atoms with Gasteiger partial charge in [0.25, 0.3) is 0 Å². The lowest BCUT2D eigenvalue weighted by Gasteiger charge is -2.14. The van der Waals surface area contributed by atoms with Crippen LogP contribution < -0.4 is 0 Å². The summed E-state index contributed by atoms with van der Waals surface area (Å²) in [7, 11) is 0. The van der Waals surface area contributed by atoms with Crippen LogP contribution >= 0.6 is 15.9 Å². The fraction of sp³-hybridized carbons (Fsp3) is 0.188. The zero-order chi connectivity index (χ0) is 22.3. The summed E-state index contributed by atoms with van der Waals surface area (Å²) in [5.41, 5.74) is 3.09. The van der Waals surface area contributed by atoms with Crippen molar-refractivity contribution in [1.29, 1.82) is 0 Å². The van der Waals surface area contributed by atoms with Gasteiger partial charge in [0.1, 0.15) is 0 Å². The van der Waals surface area contributed by atoms with Gasteiger partial charge in [0, 0.05) is 4.47 Å². The lowest BCUT2D eigenvalue weighted by Crippen LogP contribution is -1.93. The molecule has 0 aliphatic carbocycles. The molecule has 0 aliphatic heterocycles. The summed E-state index contributed by atoms with van der Waals surface area (Å²) >= 11 is 3.83. The molecule has 0 saturated carbocycles. The van der Waals surface area contributed by atoms with Gasteiger partial charge in [-0.2, -0.15) is 0 Å². The summed E-state index contributed by atoms with van der Waals surface area (Å²) in [4.78, 5) is 0. The normalized spacial score (nSPS) is 12.6. The van der Waals surface area contributed by atoms with E-state index in [1.165, 1.54) is 69.1 Å². The van der Waals surface area contributed by atoms with Crippen molar-refractivity contribution in [2.24, 2.45) is 0 Å². The molecular formula is C32H25Br. The van der Waals surface area contributed by atoms with E-state index in [9.17, 15) is 0 Å². The largest absolute Gasteiger partial charge is 0.0651 e. The molecule has 0 spiro atoms. The Morgan fingerprint density at radius 2 is 0.939 bits per heavy atom. The van der Waals surface area contributed by atoms with Crippen LogP contribution in [-0.4, -0.2) is 0 Å². The lowest BCUT2D eigenvalue weighted by atomic mass is 9.90. The number of hydrogen-bond acceptors (Lipinski definition) is 0. The summed E-state index contributed by atoms with van der Waals surface area (Å²) < 4.78 is 1.19. The van der Waals surface area contributed by atoms with Crippen molar-refractivity contribution >= 4 is 80.6 Å². The van der Waals surface area contributed by atoms with E-state index in [0.29, 0.717) is 0 Å². The summed E-state index contributed by atoms with van der Waals surface area (Å²) in [6, 6.07) is 25.2. The van der Waals surface area contributed by atoms with Crippen LogP contribution in [0.1, 0.15) is 37.8 Å². The third-order valence-electron chi connectivity index (χ3n) is 7.68. The second kappa shape index (κ2) is 7.05. The molecule has 0 bridgehead atoms. The van der Waals surface area contributed by atoms with Crippen molar-refractivity contribution in [3.8, 4) is 0 Å². The first-order valence-corrected chi connectivity index (χ1v) is 13.0. The number of benzene rings is 5. The van der Waals surface area contributed by atoms with E-state index in [-0.39, 0.29) is 0 Å². The van der Waals surface area contributed by atoms with Crippen LogP contribution in [0.4, 0.5) is 0 Å². The number of fused-ring (bicyclic) bond motifs is 6. The molecule has 0 aromatic heterocycles. The predicted octanol–water partition coefficient (Wildman–Crippen LogP) is 10.1. The Balaban J connectivity index is 1.89. The fourth-order valence-electron chi connectivity index (χ4n) is 6.59. The predicted molar refractivity (Wildman–Crippen MR) is 150 cm³/mol. The van der Waals surface area contributed by atoms with Gasteiger partial charge in [0.05, 0.1) is 0 Å². The van der Waals surface area contributed by atoms with Crippen LogP contribution in [0, 0.1) is 0 Å². The Labute approximate surface area is 202 Å². The van der Waals surface area contributed by atoms with E-state index in [1.807, 2.05) is 0 Å². The van der Waals surface area contributed by atoms with Crippen LogP contribution in [0.5, 0.6) is 0 Å². The van der Waals surface area contributed by atoms with Crippen molar-refractivity contribution in [2.75, 3.05) is 0 Å². The molecule has 0 saturated heterocycles. The van der Waals surface area contributed by atoms with Crippen LogP contribution in [0.15, 0.2) is 71.2 Å². The topological polar surface area (TPSA) is 0 Å². The van der Waals surface area contributed by atoms with E-state index >= 15 is 0 Å². The van der Waals surface area contributed by atoms with Gasteiger partial charge in [0.2, 0.25) is 0 Å². The molecular weight excluding hydrogens is 464 g/mol. The molecule has 0 aliphatic rings. The minimum absolute atomic E-state index is 1.10. The van der Waals surface area contributed by atoms with Gasteiger partial charge in [-0.3, -0.25) is 0 Å². The highest BCUT2D eigenvalue weighted by molar-refractivity contribution is 9.10. The molecule has 0 radical (unpaired) electrons. The maximum atomic E-state index is 3.83. The molecule has 160 valence electrons. The van der Waals surface area contributed by atoms with E-state index in [1.54, 1.807) is 11.1 Å². The van der Waals surface area contributed by atoms with E-state index in [0.717, 1.165) is 25.7 Å². The van der Waals surface area contributed by atoms with Gasteiger partial charge in [-0.25, -0.2) is 0 Å². The zero-order valence-corrected chi connectivity index (χ0v) is 20.6. The molecule has 33 heavy (non-hydrogen) atoms. The average Bonchev–Trinajstić information content (AvgIpc) is 3.35. The molecule has 1 heteroatoms. The highest BCUT2D eigenvalue weighted by atomic mass is 79.9. The standard InChI is InChI=1S/C32H25Br/c1-3-8-20-29-22-13-5-10-18-11-6-14-23(27(18)22)30(29)21(9-4-2)32-25-16-17-26(33)19-12-7-15-24(28(19)25)31(20)32/h5-7,10-17H,3-4,8-9H2,1-2H3. The Bertz CT molecular complexity index is 1750. The smallest absolute Gasteiger partial charge is 0.0254 e. The lowest BCUT2D eigenvalue weighted by molar-refractivity contribution is 0.929. The highest BCUT2D eigenvalue weighted by Crippen LogP contribution is 2.51. The number of rotatable bonds is 4. The molecule has 0 fully saturated rings. The van der Waals surface area contributed by atoms with Crippen molar-refractivity contribution in [1.82, 2.24) is 0 Å². The molecule has 0 atom stereocenters. The molecule has 0 amide bonds. The molecule has 0 unspecified atom stereocenters. The fourth-order valence-corrected chi connectivity index (χ4v) is 7.05. The second-order valence-electron chi connectivity index (χ2n) is 9.49. The average molecular weight is 489 g/mol. The van der Waals surface area contributed by atoms with Crippen molar-refractivity contribution < 1.29 is 0 Å². The van der Waals surface area contributed by atoms with E-state index in [2.05, 4.69) is 96.5 Å². The first-order valence-electron chi connectivity index (χ1n) is 12.2. The Morgan fingerprint density at radius 1 is 0.485 bits per heavy atom. The van der Waals surface area contributed by atoms with Crippen LogP contribution in [0.2, 0.25) is 0 Å². The summed E-state index contributed by atoms with van der Waals surface area (Å²) in [5.74, 6) is 0. The Kier molecular flexibility index (Phi) is 4.18. The first kappa shape index (κ1) is 19.6. The Morgan fingerprint density at radius 3 is 1.48 bits per heavy atom. The zero-order valence-electron chi connectivity index (χ0n) is 19.1. The van der Waals surface area contributed by atoms with Crippen molar-refractivity contribution in [3.63, 3.8) is 0 Å². The van der Waals surface area contributed by atoms with Crippen LogP contribution in [0.25, 0.3) is 64.6 Å². The SMILES string of the molecule is CCCc1c2c3cccc4cccc(c2c(CCC)c2c5ccc(Br)c6cccc(c12)c65)c43. The maximum Gasteiger partial charge on any atom is 0.0254 e. The molecule has 7 aromatic rings. The molecule has 0 nitrogen and oxygen atoms in total. The van der Waals surface area contributed by atoms with E-state index in [4.69, 9.17) is 0 Å². The third-order valence-corrected chi connectivity index (χ3v) is 8.37. The van der Waals surface area contributed by atoms with Crippen LogP contribution in [0.3, 0.4) is 0 Å². The highest BCUT2D eigenvalue weighted by Gasteiger charge is 2.25. The van der Waals surface area contributed by atoms with Gasteiger partial charge in [-0.1, -0.05) is 103 Å². The number of halogens is 1. The second-order valence-corrected chi connectivity index (χ2v) is 10.3. The van der Waals surface area contributed by atoms with Gasteiger partial charge < -0.3 is 0 Å². The number of hydrogen-bond donors (Lipinski definition) is 0. The summed E-state index contributed by atoms with van der Waals surface area (Å²) in [5, 5.41) is 17.3. The summed E-state index contributed by atoms with van der Waals surface area (Å²) in [6.45, 7) is 4.64. The Hall–Kier alpha value is -2.90. The van der Waals surface area contributed by atoms with E-state index < -0.39 is 0 Å². The minimum atomic E-state index is 1.10. The number of aryl methyl sites for hydroxylation is 2. The monoisotopic (exact) mass is 488 g/mol. The quantitative estimate of drug-likeness (QED) is 0.231. The molecule has 7 rings (SSSR count). The van der Waals surface area contributed by atoms with Gasteiger partial charge in [-0.05, 0) is 94.7 Å².